The summed E-state index contributed by atoms with van der Waals surface area (Å²) < 4.78 is 49.9. The number of hydrogen-bond acceptors (Lipinski definition) is 6. The first kappa shape index (κ1) is 21.0. The molecule has 0 aliphatic carbocycles. The van der Waals surface area contributed by atoms with Crippen LogP contribution in [0.2, 0.25) is 5.02 Å². The second-order valence-corrected chi connectivity index (χ2v) is 7.13. The van der Waals surface area contributed by atoms with E-state index in [9.17, 15) is 22.8 Å². The Hall–Kier alpha value is -3.27. The zero-order chi connectivity index (χ0) is 22.5. The van der Waals surface area contributed by atoms with Gasteiger partial charge in [-0.3, -0.25) is 9.59 Å². The second kappa shape index (κ2) is 7.45. The van der Waals surface area contributed by atoms with Crippen molar-refractivity contribution in [1.82, 2.24) is 0 Å². The number of imide groups is 1. The fourth-order valence-corrected chi connectivity index (χ4v) is 3.71. The first-order valence-corrected chi connectivity index (χ1v) is 9.26. The summed E-state index contributed by atoms with van der Waals surface area (Å²) in [5.74, 6) is -2.07. The number of carbonyl (C=O) groups is 2. The van der Waals surface area contributed by atoms with Crippen LogP contribution in [0.15, 0.2) is 41.6 Å². The van der Waals surface area contributed by atoms with Crippen LogP contribution in [0.4, 0.5) is 18.9 Å². The van der Waals surface area contributed by atoms with Gasteiger partial charge < -0.3 is 14.3 Å². The average Bonchev–Trinajstić information content (AvgIpc) is 3.27. The summed E-state index contributed by atoms with van der Waals surface area (Å²) in [5.41, 5.74) is -0.965. The molecule has 0 aromatic heterocycles. The van der Waals surface area contributed by atoms with E-state index in [-0.39, 0.29) is 16.4 Å². The number of methoxy groups -OCH3 is 2. The molecule has 162 valence electrons. The number of rotatable bonds is 4. The minimum atomic E-state index is -4.68. The van der Waals surface area contributed by atoms with Gasteiger partial charge in [0.1, 0.15) is 23.1 Å². The number of ether oxygens (including phenoxy) is 2. The maximum absolute atomic E-state index is 13.2. The predicted octanol–water partition coefficient (Wildman–Crippen LogP) is 3.67. The number of oxime groups is 1. The quantitative estimate of drug-likeness (QED) is 0.659. The van der Waals surface area contributed by atoms with Crippen molar-refractivity contribution in [3.05, 3.63) is 52.5 Å². The van der Waals surface area contributed by atoms with Gasteiger partial charge in [0.05, 0.1) is 30.5 Å². The highest BCUT2D eigenvalue weighted by molar-refractivity contribution is 6.38. The molecule has 2 heterocycles. The molecule has 2 aromatic rings. The van der Waals surface area contributed by atoms with Crippen molar-refractivity contribution < 1.29 is 37.1 Å². The van der Waals surface area contributed by atoms with E-state index in [1.54, 1.807) is 18.2 Å². The van der Waals surface area contributed by atoms with E-state index in [0.717, 1.165) is 12.1 Å². The zero-order valence-corrected chi connectivity index (χ0v) is 16.8. The minimum Gasteiger partial charge on any atom is -0.497 e. The lowest BCUT2D eigenvalue weighted by molar-refractivity contribution is -0.137. The molecule has 2 atom stereocenters. The van der Waals surface area contributed by atoms with Crippen LogP contribution in [0, 0.1) is 5.92 Å². The third kappa shape index (κ3) is 3.36. The normalized spacial score (nSPS) is 20.5. The van der Waals surface area contributed by atoms with E-state index in [0.29, 0.717) is 28.0 Å². The lowest BCUT2D eigenvalue weighted by Crippen LogP contribution is -2.33. The number of fused-ring (bicyclic) bond motifs is 1. The summed E-state index contributed by atoms with van der Waals surface area (Å²) in [6.07, 6.45) is -6.01. The molecule has 2 aliphatic heterocycles. The molecule has 7 nitrogen and oxygen atoms in total. The largest absolute Gasteiger partial charge is 0.497 e. The molecule has 2 aromatic carbocycles. The lowest BCUT2D eigenvalue weighted by atomic mass is 9.93. The van der Waals surface area contributed by atoms with Gasteiger partial charge in [-0.1, -0.05) is 16.8 Å². The van der Waals surface area contributed by atoms with Crippen LogP contribution < -0.4 is 14.4 Å². The van der Waals surface area contributed by atoms with Crippen molar-refractivity contribution in [3.63, 3.8) is 0 Å². The molecule has 0 radical (unpaired) electrons. The van der Waals surface area contributed by atoms with Crippen molar-refractivity contribution >= 4 is 34.8 Å². The van der Waals surface area contributed by atoms with Gasteiger partial charge in [-0.05, 0) is 36.4 Å². The second-order valence-electron chi connectivity index (χ2n) is 6.72. The summed E-state index contributed by atoms with van der Waals surface area (Å²) >= 11 is 6.03. The molecule has 0 saturated carbocycles. The van der Waals surface area contributed by atoms with Crippen molar-refractivity contribution in [2.45, 2.75) is 12.3 Å². The van der Waals surface area contributed by atoms with Gasteiger partial charge in [0, 0.05) is 5.56 Å². The van der Waals surface area contributed by atoms with Gasteiger partial charge in [-0.25, -0.2) is 4.90 Å². The Bertz CT molecular complexity index is 1120. The molecule has 2 aliphatic rings. The van der Waals surface area contributed by atoms with Crippen molar-refractivity contribution in [3.8, 4) is 11.5 Å². The Morgan fingerprint density at radius 2 is 1.81 bits per heavy atom. The zero-order valence-electron chi connectivity index (χ0n) is 16.1. The molecular weight excluding hydrogens is 441 g/mol. The smallest absolute Gasteiger partial charge is 0.416 e. The molecule has 1 saturated heterocycles. The molecule has 0 bridgehead atoms. The number of hydrogen-bond donors (Lipinski definition) is 0. The number of amides is 2. The van der Waals surface area contributed by atoms with Gasteiger partial charge in [0.15, 0.2) is 0 Å². The number of carbonyl (C=O) groups excluding carboxylic acids is 2. The molecule has 0 unspecified atom stereocenters. The number of alkyl halides is 3. The third-order valence-corrected chi connectivity index (χ3v) is 5.33. The van der Waals surface area contributed by atoms with Gasteiger partial charge in [-0.15, -0.1) is 0 Å². The Balaban J connectivity index is 1.76. The summed E-state index contributed by atoms with van der Waals surface area (Å²) in [4.78, 5) is 31.9. The van der Waals surface area contributed by atoms with E-state index in [1.165, 1.54) is 14.2 Å². The van der Waals surface area contributed by atoms with Crippen LogP contribution in [0.25, 0.3) is 0 Å². The summed E-state index contributed by atoms with van der Waals surface area (Å²) in [7, 11) is 2.86. The Labute approximate surface area is 178 Å². The van der Waals surface area contributed by atoms with Crippen LogP contribution in [0.3, 0.4) is 0 Å². The SMILES string of the molecule is COc1ccc(OC)c(C2=NO[C@H]3C(=O)N(c4cc(C(F)(F)F)ccc4Cl)C(=O)[C@@H]23)c1. The van der Waals surface area contributed by atoms with Crippen LogP contribution in [0.1, 0.15) is 11.1 Å². The van der Waals surface area contributed by atoms with E-state index in [2.05, 4.69) is 5.16 Å². The van der Waals surface area contributed by atoms with Crippen LogP contribution in [-0.4, -0.2) is 37.8 Å². The highest BCUT2D eigenvalue weighted by atomic mass is 35.5. The molecule has 31 heavy (non-hydrogen) atoms. The highest BCUT2D eigenvalue weighted by Crippen LogP contribution is 2.41. The highest BCUT2D eigenvalue weighted by Gasteiger charge is 2.57. The van der Waals surface area contributed by atoms with Crippen LogP contribution >= 0.6 is 11.6 Å². The Morgan fingerprint density at radius 3 is 2.45 bits per heavy atom. The first-order chi connectivity index (χ1) is 14.7. The lowest BCUT2D eigenvalue weighted by Gasteiger charge is -2.19. The van der Waals surface area contributed by atoms with Gasteiger partial charge in [-0.2, -0.15) is 13.2 Å². The molecule has 2 amide bonds. The Kier molecular flexibility index (Phi) is 5.04. The summed E-state index contributed by atoms with van der Waals surface area (Å²) in [6.45, 7) is 0. The molecular formula is C20H14ClF3N2O5. The standard InChI is InChI=1S/C20H14ClF3N2O5/c1-29-10-4-6-14(30-2)11(8-10)16-15-17(31-25-16)19(28)26(18(15)27)13-7-9(20(22,23)24)3-5-12(13)21/h3-8,15,17H,1-2H3/t15-,17+/m0/s1. The average molecular weight is 455 g/mol. The number of nitrogens with zero attached hydrogens (tertiary/aromatic N) is 2. The van der Waals surface area contributed by atoms with E-state index < -0.39 is 35.6 Å². The van der Waals surface area contributed by atoms with E-state index >= 15 is 0 Å². The van der Waals surface area contributed by atoms with Gasteiger partial charge >= 0.3 is 6.18 Å². The summed E-state index contributed by atoms with van der Waals surface area (Å²) in [6, 6.07) is 7.18. The molecule has 4 rings (SSSR count). The number of anilines is 1. The van der Waals surface area contributed by atoms with Gasteiger partial charge in [0.2, 0.25) is 12.0 Å². The molecule has 0 spiro atoms. The maximum atomic E-state index is 13.2. The predicted molar refractivity (Wildman–Crippen MR) is 103 cm³/mol. The fraction of sp³-hybridized carbons (Fsp3) is 0.250. The fourth-order valence-electron chi connectivity index (χ4n) is 3.51. The van der Waals surface area contributed by atoms with Crippen molar-refractivity contribution in [2.24, 2.45) is 11.1 Å². The third-order valence-electron chi connectivity index (χ3n) is 5.01. The van der Waals surface area contributed by atoms with Crippen molar-refractivity contribution in [1.29, 1.82) is 0 Å². The number of halogens is 4. The van der Waals surface area contributed by atoms with Crippen molar-refractivity contribution in [2.75, 3.05) is 19.1 Å². The van der Waals surface area contributed by atoms with Gasteiger partial charge in [0.25, 0.3) is 5.91 Å². The summed E-state index contributed by atoms with van der Waals surface area (Å²) in [5, 5.41) is 3.69. The molecule has 11 heteroatoms. The first-order valence-electron chi connectivity index (χ1n) is 8.88. The van der Waals surface area contributed by atoms with Crippen LogP contribution in [-0.2, 0) is 20.6 Å². The van der Waals surface area contributed by atoms with E-state index in [4.69, 9.17) is 25.9 Å². The molecule has 1 fully saturated rings. The van der Waals surface area contributed by atoms with Crippen LogP contribution in [0.5, 0.6) is 11.5 Å². The molecule has 0 N–H and O–H groups in total. The topological polar surface area (TPSA) is 77.4 Å². The number of benzene rings is 2. The minimum absolute atomic E-state index is 0.102. The van der Waals surface area contributed by atoms with E-state index in [1.807, 2.05) is 0 Å². The Morgan fingerprint density at radius 1 is 1.06 bits per heavy atom. The monoisotopic (exact) mass is 454 g/mol. The maximum Gasteiger partial charge on any atom is 0.416 e.